The molecule has 0 fully saturated rings. The molecule has 0 bridgehead atoms. The van der Waals surface area contributed by atoms with E-state index in [2.05, 4.69) is 266 Å². The van der Waals surface area contributed by atoms with Crippen molar-refractivity contribution in [2.24, 2.45) is 0 Å². The van der Waals surface area contributed by atoms with Crippen LogP contribution in [-0.4, -0.2) is 0 Å². The zero-order chi connectivity index (χ0) is 43.1. The van der Waals surface area contributed by atoms with Crippen molar-refractivity contribution in [1.82, 2.24) is 0 Å². The fourth-order valence-electron chi connectivity index (χ4n) is 10.1. The number of benzene rings is 12. The van der Waals surface area contributed by atoms with Gasteiger partial charge < -0.3 is 4.90 Å². The summed E-state index contributed by atoms with van der Waals surface area (Å²) in [5.41, 5.74) is 15.6. The summed E-state index contributed by atoms with van der Waals surface area (Å²) in [6, 6.07) is 95.1. The van der Waals surface area contributed by atoms with E-state index in [1.807, 2.05) is 0 Å². The van der Waals surface area contributed by atoms with E-state index in [-0.39, 0.29) is 0 Å². The van der Waals surface area contributed by atoms with Crippen molar-refractivity contribution in [3.05, 3.63) is 261 Å². The van der Waals surface area contributed by atoms with Gasteiger partial charge in [0.25, 0.3) is 0 Å². The molecule has 12 aromatic carbocycles. The second kappa shape index (κ2) is 16.3. The molecular weight excluding hydrogens is 783 g/mol. The van der Waals surface area contributed by atoms with Crippen molar-refractivity contribution in [1.29, 1.82) is 0 Å². The van der Waals surface area contributed by atoms with Gasteiger partial charge in [0, 0.05) is 17.1 Å². The molecule has 0 N–H and O–H groups in total. The Morgan fingerprint density at radius 1 is 0.169 bits per heavy atom. The molecule has 12 rings (SSSR count). The van der Waals surface area contributed by atoms with Gasteiger partial charge in [0.05, 0.1) is 0 Å². The number of hydrogen-bond donors (Lipinski definition) is 0. The Hall–Kier alpha value is -8.52. The quantitative estimate of drug-likeness (QED) is 0.138. The first-order chi connectivity index (χ1) is 32.3. The zero-order valence-electron chi connectivity index (χ0n) is 35.8. The average molecular weight is 826 g/mol. The van der Waals surface area contributed by atoms with E-state index in [9.17, 15) is 0 Å². The fraction of sp³-hybridized carbons (Fsp3) is 0. The van der Waals surface area contributed by atoms with Crippen LogP contribution in [0.3, 0.4) is 0 Å². The first-order valence-corrected chi connectivity index (χ1v) is 22.4. The minimum Gasteiger partial charge on any atom is -0.311 e. The molecule has 0 heterocycles. The predicted molar refractivity (Wildman–Crippen MR) is 278 cm³/mol. The van der Waals surface area contributed by atoms with Gasteiger partial charge in [-0.2, -0.15) is 0 Å². The molecule has 0 atom stereocenters. The van der Waals surface area contributed by atoms with E-state index in [0.29, 0.717) is 0 Å². The van der Waals surface area contributed by atoms with Crippen LogP contribution in [0.5, 0.6) is 0 Å². The van der Waals surface area contributed by atoms with E-state index in [1.54, 1.807) is 0 Å². The van der Waals surface area contributed by atoms with Crippen molar-refractivity contribution >= 4 is 60.2 Å². The maximum absolute atomic E-state index is 2.40. The molecule has 0 aliphatic heterocycles. The van der Waals surface area contributed by atoms with Gasteiger partial charge in [0.1, 0.15) is 0 Å². The number of para-hydroxylation sites is 2. The molecule has 1 nitrogen and oxygen atoms in total. The highest BCUT2D eigenvalue weighted by Gasteiger charge is 2.20. The first-order valence-electron chi connectivity index (χ1n) is 22.4. The standard InChI is InChI=1S/C64H43N/c1-5-19-44(20-6-1)49-39-42-59-60(43-49)64(45-21-7-2-8-22-45)58-32-18-17-31-57(58)63(59)47-35-33-46(34-36-47)61-53-27-13-15-29-55(53)62(56-30-16-14-28-54(56)61)48-37-40-52(41-38-48)65(50-23-9-3-10-24-50)51-25-11-4-12-26-51/h1-43H. The van der Waals surface area contributed by atoms with Gasteiger partial charge in [-0.3, -0.25) is 0 Å². The summed E-state index contributed by atoms with van der Waals surface area (Å²) in [4.78, 5) is 2.32. The summed E-state index contributed by atoms with van der Waals surface area (Å²) in [6.07, 6.45) is 0. The lowest BCUT2D eigenvalue weighted by Crippen LogP contribution is -2.09. The molecule has 0 aliphatic carbocycles. The van der Waals surface area contributed by atoms with Crippen LogP contribution in [-0.2, 0) is 0 Å². The Labute approximate surface area is 379 Å². The van der Waals surface area contributed by atoms with Crippen molar-refractivity contribution < 1.29 is 0 Å². The molecule has 0 amide bonds. The Morgan fingerprint density at radius 3 is 0.831 bits per heavy atom. The highest BCUT2D eigenvalue weighted by Crippen LogP contribution is 2.48. The summed E-state index contributed by atoms with van der Waals surface area (Å²) >= 11 is 0. The van der Waals surface area contributed by atoms with Gasteiger partial charge >= 0.3 is 0 Å². The van der Waals surface area contributed by atoms with Gasteiger partial charge in [-0.1, -0.05) is 218 Å². The van der Waals surface area contributed by atoms with E-state index in [4.69, 9.17) is 0 Å². The monoisotopic (exact) mass is 825 g/mol. The number of hydrogen-bond acceptors (Lipinski definition) is 1. The van der Waals surface area contributed by atoms with Crippen molar-refractivity contribution in [2.45, 2.75) is 0 Å². The van der Waals surface area contributed by atoms with E-state index < -0.39 is 0 Å². The Morgan fingerprint density at radius 2 is 0.431 bits per heavy atom. The van der Waals surface area contributed by atoms with Crippen LogP contribution in [0.1, 0.15) is 0 Å². The zero-order valence-corrected chi connectivity index (χ0v) is 35.8. The SMILES string of the molecule is c1ccc(-c2ccc3c(-c4ccc(-c5c6ccccc6c(-c6ccc(N(c7ccccc7)c7ccccc7)cc6)c6ccccc56)cc4)c4ccccc4c(-c4ccccc4)c3c2)cc1. The van der Waals surface area contributed by atoms with Crippen LogP contribution in [0.15, 0.2) is 261 Å². The lowest BCUT2D eigenvalue weighted by Gasteiger charge is -2.25. The van der Waals surface area contributed by atoms with Crippen molar-refractivity contribution in [3.8, 4) is 55.6 Å². The molecule has 0 radical (unpaired) electrons. The maximum atomic E-state index is 2.40. The summed E-state index contributed by atoms with van der Waals surface area (Å²) in [7, 11) is 0. The molecule has 65 heavy (non-hydrogen) atoms. The van der Waals surface area contributed by atoms with E-state index in [0.717, 1.165) is 17.1 Å². The third-order valence-corrected chi connectivity index (χ3v) is 13.0. The number of fused-ring (bicyclic) bond motifs is 4. The predicted octanol–water partition coefficient (Wildman–Crippen LogP) is 18.1. The molecule has 0 spiro atoms. The number of anilines is 3. The normalized spacial score (nSPS) is 11.4. The van der Waals surface area contributed by atoms with Gasteiger partial charge in [0.2, 0.25) is 0 Å². The van der Waals surface area contributed by atoms with Gasteiger partial charge in [0.15, 0.2) is 0 Å². The van der Waals surface area contributed by atoms with Crippen molar-refractivity contribution in [3.63, 3.8) is 0 Å². The third kappa shape index (κ3) is 6.74. The van der Waals surface area contributed by atoms with E-state index >= 15 is 0 Å². The maximum Gasteiger partial charge on any atom is 0.0462 e. The molecule has 0 saturated carbocycles. The molecule has 0 aliphatic rings. The molecule has 1 heteroatoms. The third-order valence-electron chi connectivity index (χ3n) is 13.0. The smallest absolute Gasteiger partial charge is 0.0462 e. The molecule has 304 valence electrons. The highest BCUT2D eigenvalue weighted by molar-refractivity contribution is 6.23. The Kier molecular flexibility index (Phi) is 9.58. The van der Waals surface area contributed by atoms with Crippen LogP contribution >= 0.6 is 0 Å². The summed E-state index contributed by atoms with van der Waals surface area (Å²) in [6.45, 7) is 0. The summed E-state index contributed by atoms with van der Waals surface area (Å²) in [5, 5.41) is 9.97. The van der Waals surface area contributed by atoms with Crippen LogP contribution in [0.25, 0.3) is 98.7 Å². The van der Waals surface area contributed by atoms with Crippen LogP contribution in [0.2, 0.25) is 0 Å². The van der Waals surface area contributed by atoms with Gasteiger partial charge in [-0.15, -0.1) is 0 Å². The largest absolute Gasteiger partial charge is 0.311 e. The molecule has 0 aromatic heterocycles. The second-order valence-electron chi connectivity index (χ2n) is 16.8. The highest BCUT2D eigenvalue weighted by atomic mass is 15.1. The lowest BCUT2D eigenvalue weighted by molar-refractivity contribution is 1.28. The van der Waals surface area contributed by atoms with Crippen LogP contribution in [0, 0.1) is 0 Å². The van der Waals surface area contributed by atoms with Crippen LogP contribution in [0.4, 0.5) is 17.1 Å². The average Bonchev–Trinajstić information content (AvgIpc) is 3.38. The minimum atomic E-state index is 1.11. The topological polar surface area (TPSA) is 3.24 Å². The summed E-state index contributed by atoms with van der Waals surface area (Å²) < 4.78 is 0. The Bertz CT molecular complexity index is 3560. The minimum absolute atomic E-state index is 1.11. The Balaban J connectivity index is 1.00. The first kappa shape index (κ1) is 38.2. The van der Waals surface area contributed by atoms with Crippen LogP contribution < -0.4 is 4.90 Å². The second-order valence-corrected chi connectivity index (χ2v) is 16.8. The van der Waals surface area contributed by atoms with E-state index in [1.165, 1.54) is 98.7 Å². The number of nitrogens with zero attached hydrogens (tertiary/aromatic N) is 1. The fourth-order valence-corrected chi connectivity index (χ4v) is 10.1. The molecule has 12 aromatic rings. The van der Waals surface area contributed by atoms with Gasteiger partial charge in [-0.05, 0) is 141 Å². The molecule has 0 saturated heterocycles. The lowest BCUT2D eigenvalue weighted by atomic mass is 9.83. The summed E-state index contributed by atoms with van der Waals surface area (Å²) in [5.74, 6) is 0. The van der Waals surface area contributed by atoms with Gasteiger partial charge in [-0.25, -0.2) is 0 Å². The molecular formula is C64H43N. The van der Waals surface area contributed by atoms with Crippen molar-refractivity contribution in [2.75, 3.05) is 4.90 Å². The molecule has 0 unspecified atom stereocenters. The number of rotatable bonds is 8.